The Morgan fingerprint density at radius 3 is 3.00 bits per heavy atom. The van der Waals surface area contributed by atoms with Gasteiger partial charge < -0.3 is 9.73 Å². The number of carbonyl (C=O) groups excluding carboxylic acids is 1. The Bertz CT molecular complexity index is 509. The number of nitrogens with one attached hydrogen (secondary N) is 1. The molecule has 88 valence electrons. The van der Waals surface area contributed by atoms with Gasteiger partial charge in [-0.15, -0.1) is 0 Å². The van der Waals surface area contributed by atoms with Crippen LogP contribution in [0, 0.1) is 0 Å². The molecule has 0 aliphatic carbocycles. The first-order valence-electron chi connectivity index (χ1n) is 5.10. The van der Waals surface area contributed by atoms with E-state index in [9.17, 15) is 4.79 Å². The van der Waals surface area contributed by atoms with E-state index in [1.807, 2.05) is 24.3 Å². The molecule has 4 nitrogen and oxygen atoms in total. The Balaban J connectivity index is 2.20. The van der Waals surface area contributed by atoms with Crippen molar-refractivity contribution in [2.24, 2.45) is 0 Å². The van der Waals surface area contributed by atoms with Crippen LogP contribution >= 0.6 is 15.9 Å². The highest BCUT2D eigenvalue weighted by Gasteiger charge is 2.09. The standard InChI is InChI=1S/C12H11BrN2O2/c1-8(13)12(16)15-10-4-2-3-9(5-10)11-6-14-7-17-11/h2-8H,1H3,(H,15,16). The number of amides is 1. The summed E-state index contributed by atoms with van der Waals surface area (Å²) in [6, 6.07) is 7.42. The van der Waals surface area contributed by atoms with E-state index in [1.165, 1.54) is 6.39 Å². The van der Waals surface area contributed by atoms with Gasteiger partial charge in [0.05, 0.1) is 11.0 Å². The van der Waals surface area contributed by atoms with Crippen molar-refractivity contribution in [2.75, 3.05) is 5.32 Å². The molecule has 1 heterocycles. The van der Waals surface area contributed by atoms with Gasteiger partial charge in [0.1, 0.15) is 0 Å². The molecule has 1 unspecified atom stereocenters. The molecule has 0 fully saturated rings. The summed E-state index contributed by atoms with van der Waals surface area (Å²) in [6.45, 7) is 1.77. The fourth-order valence-electron chi connectivity index (χ4n) is 1.35. The first kappa shape index (κ1) is 11.9. The van der Waals surface area contributed by atoms with E-state index < -0.39 is 0 Å². The van der Waals surface area contributed by atoms with E-state index in [1.54, 1.807) is 13.1 Å². The number of aromatic nitrogens is 1. The number of rotatable bonds is 3. The second-order valence-electron chi connectivity index (χ2n) is 3.55. The minimum Gasteiger partial charge on any atom is -0.444 e. The average molecular weight is 295 g/mol. The number of nitrogens with zero attached hydrogens (tertiary/aromatic N) is 1. The first-order valence-corrected chi connectivity index (χ1v) is 6.02. The molecule has 0 aliphatic rings. The zero-order valence-electron chi connectivity index (χ0n) is 9.18. The van der Waals surface area contributed by atoms with Crippen LogP contribution in [0.5, 0.6) is 0 Å². The molecule has 5 heteroatoms. The minimum atomic E-state index is -0.226. The molecule has 2 rings (SSSR count). The lowest BCUT2D eigenvalue weighted by molar-refractivity contribution is -0.115. The summed E-state index contributed by atoms with van der Waals surface area (Å²) in [5.74, 6) is 0.590. The van der Waals surface area contributed by atoms with Crippen molar-refractivity contribution in [3.63, 3.8) is 0 Å². The predicted octanol–water partition coefficient (Wildman–Crippen LogP) is 3.06. The number of carbonyl (C=O) groups is 1. The minimum absolute atomic E-state index is 0.0836. The largest absolute Gasteiger partial charge is 0.444 e. The van der Waals surface area contributed by atoms with E-state index in [0.717, 1.165) is 11.3 Å². The smallest absolute Gasteiger partial charge is 0.237 e. The molecule has 1 aromatic heterocycles. The molecule has 1 aromatic carbocycles. The molecule has 0 aliphatic heterocycles. The molecule has 1 atom stereocenters. The van der Waals surface area contributed by atoms with Gasteiger partial charge in [-0.05, 0) is 19.1 Å². The zero-order chi connectivity index (χ0) is 12.3. The van der Waals surface area contributed by atoms with E-state index in [4.69, 9.17) is 4.42 Å². The van der Waals surface area contributed by atoms with Crippen LogP contribution in [0.25, 0.3) is 11.3 Å². The second kappa shape index (κ2) is 5.14. The van der Waals surface area contributed by atoms with Crippen LogP contribution in [0.4, 0.5) is 5.69 Å². The number of halogens is 1. The lowest BCUT2D eigenvalue weighted by Gasteiger charge is -2.07. The van der Waals surface area contributed by atoms with Crippen LogP contribution in [0.15, 0.2) is 41.3 Å². The maximum absolute atomic E-state index is 11.5. The van der Waals surface area contributed by atoms with Crippen molar-refractivity contribution >= 4 is 27.5 Å². The van der Waals surface area contributed by atoms with Crippen molar-refractivity contribution in [2.45, 2.75) is 11.8 Å². The van der Waals surface area contributed by atoms with Crippen molar-refractivity contribution in [3.05, 3.63) is 36.9 Å². The molecule has 0 spiro atoms. The molecule has 0 radical (unpaired) electrons. The maximum atomic E-state index is 11.5. The van der Waals surface area contributed by atoms with Gasteiger partial charge in [0.25, 0.3) is 0 Å². The summed E-state index contributed by atoms with van der Waals surface area (Å²) >= 11 is 3.21. The highest BCUT2D eigenvalue weighted by molar-refractivity contribution is 9.10. The molecular weight excluding hydrogens is 284 g/mol. The van der Waals surface area contributed by atoms with Crippen LogP contribution in [-0.2, 0) is 4.79 Å². The fraction of sp³-hybridized carbons (Fsp3) is 0.167. The number of alkyl halides is 1. The van der Waals surface area contributed by atoms with Crippen LogP contribution in [-0.4, -0.2) is 15.7 Å². The lowest BCUT2D eigenvalue weighted by Crippen LogP contribution is -2.19. The Morgan fingerprint density at radius 2 is 2.35 bits per heavy atom. The predicted molar refractivity (Wildman–Crippen MR) is 69.0 cm³/mol. The third-order valence-corrected chi connectivity index (χ3v) is 2.62. The second-order valence-corrected chi connectivity index (χ2v) is 4.93. The molecule has 17 heavy (non-hydrogen) atoms. The van der Waals surface area contributed by atoms with E-state index in [-0.39, 0.29) is 10.7 Å². The Labute approximate surface area is 107 Å². The number of oxazole rings is 1. The van der Waals surface area contributed by atoms with Gasteiger partial charge in [0.15, 0.2) is 12.2 Å². The zero-order valence-corrected chi connectivity index (χ0v) is 10.8. The maximum Gasteiger partial charge on any atom is 0.237 e. The highest BCUT2D eigenvalue weighted by Crippen LogP contribution is 2.22. The Hall–Kier alpha value is -1.62. The Kier molecular flexibility index (Phi) is 3.58. The summed E-state index contributed by atoms with van der Waals surface area (Å²) in [5.41, 5.74) is 1.61. The molecule has 1 amide bonds. The molecule has 0 saturated carbocycles. The Morgan fingerprint density at radius 1 is 1.53 bits per heavy atom. The summed E-state index contributed by atoms with van der Waals surface area (Å²) in [4.78, 5) is 15.1. The quantitative estimate of drug-likeness (QED) is 0.885. The monoisotopic (exact) mass is 294 g/mol. The van der Waals surface area contributed by atoms with Gasteiger partial charge in [0.2, 0.25) is 5.91 Å². The number of anilines is 1. The van der Waals surface area contributed by atoms with Gasteiger partial charge in [-0.1, -0.05) is 28.1 Å². The summed E-state index contributed by atoms with van der Waals surface area (Å²) in [6.07, 6.45) is 3.01. The third kappa shape index (κ3) is 2.94. The van der Waals surface area contributed by atoms with Crippen LogP contribution in [0.2, 0.25) is 0 Å². The van der Waals surface area contributed by atoms with Crippen LogP contribution in [0.3, 0.4) is 0 Å². The van der Waals surface area contributed by atoms with Gasteiger partial charge in [0, 0.05) is 11.3 Å². The average Bonchev–Trinajstić information content (AvgIpc) is 2.82. The topological polar surface area (TPSA) is 55.1 Å². The molecule has 2 aromatic rings. The van der Waals surface area contributed by atoms with Crippen LogP contribution < -0.4 is 5.32 Å². The first-order chi connectivity index (χ1) is 8.16. The lowest BCUT2D eigenvalue weighted by atomic mass is 10.1. The SMILES string of the molecule is CC(Br)C(=O)Nc1cccc(-c2cnco2)c1. The van der Waals surface area contributed by atoms with Gasteiger partial charge in [-0.2, -0.15) is 0 Å². The number of benzene rings is 1. The van der Waals surface area contributed by atoms with Crippen LogP contribution in [0.1, 0.15) is 6.92 Å². The summed E-state index contributed by atoms with van der Waals surface area (Å²) in [5, 5.41) is 2.80. The number of hydrogen-bond acceptors (Lipinski definition) is 3. The highest BCUT2D eigenvalue weighted by atomic mass is 79.9. The van der Waals surface area contributed by atoms with Crippen molar-refractivity contribution < 1.29 is 9.21 Å². The van der Waals surface area contributed by atoms with Crippen molar-refractivity contribution in [3.8, 4) is 11.3 Å². The molecular formula is C12H11BrN2O2. The van der Waals surface area contributed by atoms with Gasteiger partial charge >= 0.3 is 0 Å². The summed E-state index contributed by atoms with van der Waals surface area (Å²) < 4.78 is 5.19. The van der Waals surface area contributed by atoms with Crippen molar-refractivity contribution in [1.29, 1.82) is 0 Å². The normalized spacial score (nSPS) is 12.1. The van der Waals surface area contributed by atoms with E-state index >= 15 is 0 Å². The van der Waals surface area contributed by atoms with Crippen molar-refractivity contribution in [1.82, 2.24) is 4.98 Å². The summed E-state index contributed by atoms with van der Waals surface area (Å²) in [7, 11) is 0. The molecule has 0 saturated heterocycles. The molecule has 1 N–H and O–H groups in total. The number of hydrogen-bond donors (Lipinski definition) is 1. The van der Waals surface area contributed by atoms with E-state index in [2.05, 4.69) is 26.2 Å². The van der Waals surface area contributed by atoms with E-state index in [0.29, 0.717) is 5.76 Å². The fourth-order valence-corrected chi connectivity index (χ4v) is 1.46. The van der Waals surface area contributed by atoms with Gasteiger partial charge in [-0.3, -0.25) is 4.79 Å². The van der Waals surface area contributed by atoms with Gasteiger partial charge in [-0.25, -0.2) is 4.98 Å². The molecule has 0 bridgehead atoms. The third-order valence-electron chi connectivity index (χ3n) is 2.21.